The number of hydrogen-bond acceptors (Lipinski definition) is 9. The lowest BCUT2D eigenvalue weighted by Gasteiger charge is -2.49. The van der Waals surface area contributed by atoms with Gasteiger partial charge in [-0.05, 0) is 101 Å². The molecule has 0 spiro atoms. The average Bonchev–Trinajstić information content (AvgIpc) is 2.97. The molecule has 3 aliphatic rings. The molecular formula is C33H50N2O8. The van der Waals surface area contributed by atoms with Crippen molar-refractivity contribution in [2.75, 3.05) is 20.2 Å². The Morgan fingerprint density at radius 2 is 1.86 bits per heavy atom. The summed E-state index contributed by atoms with van der Waals surface area (Å²) in [5, 5.41) is 26.6. The Balaban J connectivity index is 1.70. The first-order valence-electron chi connectivity index (χ1n) is 16.0. The minimum Gasteiger partial charge on any atom is -0.504 e. The first kappa shape index (κ1) is 33.1. The van der Waals surface area contributed by atoms with E-state index in [1.54, 1.807) is 13.0 Å². The Labute approximate surface area is 255 Å². The molecule has 0 radical (unpaired) electrons. The van der Waals surface area contributed by atoms with Gasteiger partial charge in [0.1, 0.15) is 17.7 Å². The number of aliphatic hydroxyl groups excluding tert-OH is 1. The zero-order chi connectivity index (χ0) is 31.0. The summed E-state index contributed by atoms with van der Waals surface area (Å²) in [5.74, 6) is -0.442. The molecule has 3 fully saturated rings. The highest BCUT2D eigenvalue weighted by atomic mass is 16.6. The average molecular weight is 603 g/mol. The number of amides is 1. The zero-order valence-electron chi connectivity index (χ0n) is 26.0. The maximum absolute atomic E-state index is 14.4. The monoisotopic (exact) mass is 602 g/mol. The van der Waals surface area contributed by atoms with Crippen LogP contribution in [0.5, 0.6) is 11.5 Å². The summed E-state index contributed by atoms with van der Waals surface area (Å²) in [5.41, 5.74) is -0.592. The molecule has 2 heterocycles. The van der Waals surface area contributed by atoms with Gasteiger partial charge in [-0.2, -0.15) is 0 Å². The molecule has 43 heavy (non-hydrogen) atoms. The number of carbonyl (C=O) groups is 3. The van der Waals surface area contributed by atoms with Gasteiger partial charge in [-0.3, -0.25) is 9.59 Å². The summed E-state index contributed by atoms with van der Waals surface area (Å²) in [6, 6.07) is 5.30. The van der Waals surface area contributed by atoms with Crippen LogP contribution in [-0.2, 0) is 30.3 Å². The molecule has 1 amide bonds. The van der Waals surface area contributed by atoms with Gasteiger partial charge in [0.05, 0.1) is 13.2 Å². The second-order valence-corrected chi connectivity index (χ2v) is 12.9. The molecule has 1 aliphatic carbocycles. The number of piperidine rings is 2. The Kier molecular flexibility index (Phi) is 11.3. The van der Waals surface area contributed by atoms with Crippen molar-refractivity contribution in [3.05, 3.63) is 23.8 Å². The third kappa shape index (κ3) is 8.20. The molecule has 5 atom stereocenters. The number of aliphatic hydroxyl groups is 1. The zero-order valence-corrected chi connectivity index (χ0v) is 26.0. The van der Waals surface area contributed by atoms with Gasteiger partial charge in [0.15, 0.2) is 11.5 Å². The number of fused-ring (bicyclic) bond motifs is 1. The molecule has 4 N–H and O–H groups in total. The number of carbonyl (C=O) groups excluding carboxylic acids is 3. The first-order chi connectivity index (χ1) is 20.6. The van der Waals surface area contributed by atoms with E-state index in [2.05, 4.69) is 10.6 Å². The molecule has 0 aromatic heterocycles. The SMILES string of the molecule is COc1cc(CC2([C@@H](C[C@@H](CCC[C@H](C)O)OC(C)=O)OC(=O)[C@@]34CCCC[C@@H]3CCC(=O)N4)CCNCC2)ccc1O. The van der Waals surface area contributed by atoms with Crippen LogP contribution in [0.15, 0.2) is 18.2 Å². The molecule has 1 aromatic rings. The van der Waals surface area contributed by atoms with E-state index in [0.717, 1.165) is 50.8 Å². The lowest BCUT2D eigenvalue weighted by atomic mass is 9.67. The number of rotatable bonds is 13. The summed E-state index contributed by atoms with van der Waals surface area (Å²) in [6.45, 7) is 4.58. The predicted molar refractivity (Wildman–Crippen MR) is 161 cm³/mol. The van der Waals surface area contributed by atoms with Crippen molar-refractivity contribution in [3.63, 3.8) is 0 Å². The fraction of sp³-hybridized carbons (Fsp3) is 0.727. The Bertz CT molecular complexity index is 1120. The molecule has 2 aliphatic heterocycles. The lowest BCUT2D eigenvalue weighted by molar-refractivity contribution is -0.178. The molecule has 10 nitrogen and oxygen atoms in total. The van der Waals surface area contributed by atoms with E-state index in [0.29, 0.717) is 57.1 Å². The van der Waals surface area contributed by atoms with Gasteiger partial charge in [0, 0.05) is 25.2 Å². The van der Waals surface area contributed by atoms with E-state index >= 15 is 0 Å². The van der Waals surface area contributed by atoms with Crippen LogP contribution in [0, 0.1) is 11.3 Å². The second kappa shape index (κ2) is 14.8. The minimum atomic E-state index is -1.04. The minimum absolute atomic E-state index is 0.0349. The van der Waals surface area contributed by atoms with Gasteiger partial charge >= 0.3 is 11.9 Å². The van der Waals surface area contributed by atoms with E-state index in [-0.39, 0.29) is 23.5 Å². The Morgan fingerprint density at radius 1 is 1.09 bits per heavy atom. The molecule has 240 valence electrons. The van der Waals surface area contributed by atoms with Crippen LogP contribution in [0.2, 0.25) is 0 Å². The second-order valence-electron chi connectivity index (χ2n) is 12.9. The van der Waals surface area contributed by atoms with Crippen LogP contribution in [-0.4, -0.2) is 72.1 Å². The normalized spacial score (nSPS) is 25.4. The van der Waals surface area contributed by atoms with Gasteiger partial charge in [0.25, 0.3) is 0 Å². The number of aromatic hydroxyl groups is 1. The van der Waals surface area contributed by atoms with Gasteiger partial charge in [-0.15, -0.1) is 0 Å². The third-order valence-electron chi connectivity index (χ3n) is 9.81. The topological polar surface area (TPSA) is 143 Å². The van der Waals surface area contributed by atoms with Crippen LogP contribution in [0.25, 0.3) is 0 Å². The van der Waals surface area contributed by atoms with Crippen molar-refractivity contribution in [2.24, 2.45) is 11.3 Å². The van der Waals surface area contributed by atoms with Crippen molar-refractivity contribution < 1.29 is 38.8 Å². The van der Waals surface area contributed by atoms with Gasteiger partial charge in [0.2, 0.25) is 5.91 Å². The van der Waals surface area contributed by atoms with Crippen LogP contribution >= 0.6 is 0 Å². The van der Waals surface area contributed by atoms with Crippen LogP contribution in [0.3, 0.4) is 0 Å². The van der Waals surface area contributed by atoms with Crippen molar-refractivity contribution in [3.8, 4) is 11.5 Å². The summed E-state index contributed by atoms with van der Waals surface area (Å²) in [7, 11) is 1.51. The molecule has 1 saturated carbocycles. The molecular weight excluding hydrogens is 552 g/mol. The predicted octanol–water partition coefficient (Wildman–Crippen LogP) is 3.94. The summed E-state index contributed by atoms with van der Waals surface area (Å²) in [4.78, 5) is 39.2. The molecule has 10 heteroatoms. The lowest BCUT2D eigenvalue weighted by Crippen LogP contribution is -2.65. The number of esters is 2. The molecule has 2 saturated heterocycles. The number of methoxy groups -OCH3 is 1. The van der Waals surface area contributed by atoms with Crippen molar-refractivity contribution in [2.45, 2.75) is 121 Å². The fourth-order valence-corrected chi connectivity index (χ4v) is 7.51. The number of hydrogen-bond donors (Lipinski definition) is 4. The largest absolute Gasteiger partial charge is 0.504 e. The number of ether oxygens (including phenoxy) is 3. The van der Waals surface area contributed by atoms with Gasteiger partial charge in [-0.25, -0.2) is 4.79 Å². The molecule has 0 unspecified atom stereocenters. The van der Waals surface area contributed by atoms with Crippen molar-refractivity contribution in [1.82, 2.24) is 10.6 Å². The molecule has 0 bridgehead atoms. The first-order valence-corrected chi connectivity index (χ1v) is 16.0. The van der Waals surface area contributed by atoms with Gasteiger partial charge < -0.3 is 35.1 Å². The van der Waals surface area contributed by atoms with Crippen LogP contribution < -0.4 is 15.4 Å². The van der Waals surface area contributed by atoms with Crippen molar-refractivity contribution >= 4 is 17.8 Å². The molecule has 1 aromatic carbocycles. The van der Waals surface area contributed by atoms with E-state index in [1.807, 2.05) is 12.1 Å². The smallest absolute Gasteiger partial charge is 0.332 e. The third-order valence-corrected chi connectivity index (χ3v) is 9.81. The van der Waals surface area contributed by atoms with E-state index in [4.69, 9.17) is 14.2 Å². The maximum Gasteiger partial charge on any atom is 0.332 e. The summed E-state index contributed by atoms with van der Waals surface area (Å²) in [6.07, 6.45) is 6.88. The Hall–Kier alpha value is -2.85. The van der Waals surface area contributed by atoms with Gasteiger partial charge in [-0.1, -0.05) is 18.9 Å². The van der Waals surface area contributed by atoms with Crippen LogP contribution in [0.1, 0.15) is 96.5 Å². The number of nitrogens with one attached hydrogen (secondary N) is 2. The highest BCUT2D eigenvalue weighted by Crippen LogP contribution is 2.45. The summed E-state index contributed by atoms with van der Waals surface area (Å²) >= 11 is 0. The van der Waals surface area contributed by atoms with Crippen LogP contribution in [0.4, 0.5) is 0 Å². The Morgan fingerprint density at radius 3 is 2.56 bits per heavy atom. The van der Waals surface area contributed by atoms with E-state index in [1.165, 1.54) is 14.0 Å². The maximum atomic E-state index is 14.4. The fourth-order valence-electron chi connectivity index (χ4n) is 7.51. The number of benzene rings is 1. The quantitative estimate of drug-likeness (QED) is 0.247. The number of phenolic OH excluding ortho intramolecular Hbond substituents is 1. The van der Waals surface area contributed by atoms with E-state index < -0.39 is 35.2 Å². The number of phenols is 1. The standard InChI is InChI=1S/C33H50N2O8/c1-22(36)7-6-9-26(42-23(2)37)20-29(43-31(40)33-14-5-4-8-25(33)11-13-30(39)35-33)32(15-17-34-18-16-32)21-24-10-12-27(38)28(19-24)41-3/h10,12,19,22,25-26,29,34,36,38H,4-9,11,13-18,20-21H2,1-3H3,(H,35,39)/t22-,25+,26+,29+,33+/m0/s1. The van der Waals surface area contributed by atoms with E-state index in [9.17, 15) is 24.6 Å². The summed E-state index contributed by atoms with van der Waals surface area (Å²) < 4.78 is 17.8. The highest BCUT2D eigenvalue weighted by Gasteiger charge is 2.54. The van der Waals surface area contributed by atoms with Crippen molar-refractivity contribution in [1.29, 1.82) is 0 Å². The highest BCUT2D eigenvalue weighted by molar-refractivity contribution is 5.90. The molecule has 4 rings (SSSR count).